The van der Waals surface area contributed by atoms with Gasteiger partial charge in [-0.2, -0.15) is 0 Å². The van der Waals surface area contributed by atoms with Gasteiger partial charge in [0.1, 0.15) is 31.8 Å². The summed E-state index contributed by atoms with van der Waals surface area (Å²) in [6.07, 6.45) is 11.9. The van der Waals surface area contributed by atoms with Gasteiger partial charge in [-0.15, -0.1) is 0 Å². The molecule has 3 unspecified atom stereocenters. The number of unbranched alkanes of at least 4 members (excludes halogenated alkanes) is 2. The molecule has 0 aliphatic rings. The van der Waals surface area contributed by atoms with Crippen LogP contribution in [0.2, 0.25) is 0 Å². The number of aliphatic carboxylic acids is 1. The van der Waals surface area contributed by atoms with Gasteiger partial charge in [0, 0.05) is 5.92 Å². The molecule has 3 atom stereocenters. The van der Waals surface area contributed by atoms with E-state index in [4.69, 9.17) is 0 Å². The maximum Gasteiger partial charge on any atom is 0.105 e. The lowest BCUT2D eigenvalue weighted by atomic mass is 10.0. The van der Waals surface area contributed by atoms with Crippen molar-refractivity contribution in [1.29, 1.82) is 0 Å². The van der Waals surface area contributed by atoms with Gasteiger partial charge in [0.15, 0.2) is 0 Å². The highest BCUT2D eigenvalue weighted by molar-refractivity contribution is 5.67. The molecule has 0 aromatic rings. The summed E-state index contributed by atoms with van der Waals surface area (Å²) in [6, 6.07) is 0. The zero-order chi connectivity index (χ0) is 22.1. The molecule has 0 aromatic heterocycles. The molecule has 0 saturated carbocycles. The van der Waals surface area contributed by atoms with E-state index in [1.807, 2.05) is 26.0 Å². The van der Waals surface area contributed by atoms with E-state index in [2.05, 4.69) is 12.2 Å². The van der Waals surface area contributed by atoms with Crippen LogP contribution in [-0.2, 0) is 4.79 Å². The van der Waals surface area contributed by atoms with Crippen LogP contribution in [0.1, 0.15) is 65.7 Å². The number of carbonyl (C=O) groups excluding carboxylic acids is 1. The van der Waals surface area contributed by atoms with Crippen molar-refractivity contribution in [2.75, 3.05) is 32.8 Å². The highest BCUT2D eigenvalue weighted by Gasteiger charge is 2.35. The molecule has 0 aromatic carbocycles. The first-order valence-corrected chi connectivity index (χ1v) is 11.1. The van der Waals surface area contributed by atoms with Crippen molar-refractivity contribution < 1.29 is 29.7 Å². The summed E-state index contributed by atoms with van der Waals surface area (Å²) in [4.78, 5) is 11.5. The Balaban J connectivity index is 5.27. The minimum Gasteiger partial charge on any atom is -0.550 e. The van der Waals surface area contributed by atoms with Gasteiger partial charge in [-0.05, 0) is 58.8 Å². The third-order valence-electron chi connectivity index (χ3n) is 5.49. The quantitative estimate of drug-likeness (QED) is 0.181. The van der Waals surface area contributed by atoms with Crippen LogP contribution >= 0.6 is 0 Å². The summed E-state index contributed by atoms with van der Waals surface area (Å²) in [5.41, 5.74) is 0. The first-order valence-electron chi connectivity index (χ1n) is 11.1. The molecule has 0 rings (SSSR count). The Morgan fingerprint density at radius 1 is 0.966 bits per heavy atom. The van der Waals surface area contributed by atoms with Gasteiger partial charge in [-0.1, -0.05) is 31.2 Å². The molecule has 0 amide bonds. The van der Waals surface area contributed by atoms with E-state index >= 15 is 0 Å². The molecule has 29 heavy (non-hydrogen) atoms. The number of carboxylic acid groups (broad SMARTS) is 1. The molecule has 170 valence electrons. The van der Waals surface area contributed by atoms with Crippen LogP contribution in [0.25, 0.3) is 0 Å². The molecule has 6 nitrogen and oxygen atoms in total. The molecule has 0 radical (unpaired) electrons. The number of aliphatic hydroxyl groups is 3. The molecular formula is C23H43NO5. The van der Waals surface area contributed by atoms with Crippen LogP contribution < -0.4 is 5.11 Å². The minimum absolute atomic E-state index is 0.125. The average molecular weight is 414 g/mol. The zero-order valence-corrected chi connectivity index (χ0v) is 18.6. The Morgan fingerprint density at radius 2 is 1.45 bits per heavy atom. The Labute approximate surface area is 177 Å². The van der Waals surface area contributed by atoms with Crippen molar-refractivity contribution in [2.24, 2.45) is 5.92 Å². The predicted molar refractivity (Wildman–Crippen MR) is 115 cm³/mol. The van der Waals surface area contributed by atoms with E-state index < -0.39 is 24.1 Å². The molecular weight excluding hydrogens is 370 g/mol. The van der Waals surface area contributed by atoms with Gasteiger partial charge in [-0.3, -0.25) is 0 Å². The monoisotopic (exact) mass is 413 g/mol. The number of rotatable bonds is 18. The topological polar surface area (TPSA) is 101 Å². The van der Waals surface area contributed by atoms with Crippen LogP contribution in [0.5, 0.6) is 0 Å². The Bertz CT molecular complexity index is 452. The fraction of sp³-hybridized carbons (Fsp3) is 0.783. The number of carboxylic acids is 1. The molecule has 0 aliphatic heterocycles. The highest BCUT2D eigenvalue weighted by atomic mass is 16.4. The summed E-state index contributed by atoms with van der Waals surface area (Å²) >= 11 is 0. The van der Waals surface area contributed by atoms with Gasteiger partial charge in [0.2, 0.25) is 0 Å². The first kappa shape index (κ1) is 27.8. The molecule has 3 N–H and O–H groups in total. The first-order chi connectivity index (χ1) is 13.8. The number of hydrogen-bond donors (Lipinski definition) is 3. The molecule has 0 bridgehead atoms. The second-order valence-corrected chi connectivity index (χ2v) is 8.07. The third-order valence-corrected chi connectivity index (χ3v) is 5.49. The summed E-state index contributed by atoms with van der Waals surface area (Å²) in [7, 11) is 0. The van der Waals surface area contributed by atoms with E-state index in [0.717, 1.165) is 25.7 Å². The van der Waals surface area contributed by atoms with Crippen molar-refractivity contribution in [1.82, 2.24) is 0 Å². The Morgan fingerprint density at radius 3 is 1.79 bits per heavy atom. The van der Waals surface area contributed by atoms with E-state index in [1.54, 1.807) is 6.92 Å². The number of allylic oxidation sites excluding steroid dienone is 4. The summed E-state index contributed by atoms with van der Waals surface area (Å²) < 4.78 is 0.193. The SMILES string of the molecule is C/C=C/CCCC(O)C[N+](CCO)(CC(O)CCC/C=C/C)CC(CC)C(=O)[O-]. The van der Waals surface area contributed by atoms with Crippen molar-refractivity contribution in [3.8, 4) is 0 Å². The van der Waals surface area contributed by atoms with E-state index in [9.17, 15) is 25.2 Å². The van der Waals surface area contributed by atoms with Gasteiger partial charge in [-0.25, -0.2) is 0 Å². The Kier molecular flexibility index (Phi) is 15.9. The lowest BCUT2D eigenvalue weighted by Gasteiger charge is -2.43. The van der Waals surface area contributed by atoms with Crippen molar-refractivity contribution in [3.05, 3.63) is 24.3 Å². The molecule has 0 saturated heterocycles. The van der Waals surface area contributed by atoms with E-state index in [1.165, 1.54) is 0 Å². The minimum atomic E-state index is -1.11. The Hall–Kier alpha value is -1.21. The third kappa shape index (κ3) is 12.9. The van der Waals surface area contributed by atoms with Crippen molar-refractivity contribution in [2.45, 2.75) is 77.9 Å². The van der Waals surface area contributed by atoms with Crippen LogP contribution in [0, 0.1) is 5.92 Å². The smallest absolute Gasteiger partial charge is 0.105 e. The predicted octanol–water partition coefficient (Wildman–Crippen LogP) is 1.79. The maximum absolute atomic E-state index is 11.5. The van der Waals surface area contributed by atoms with Gasteiger partial charge >= 0.3 is 0 Å². The highest BCUT2D eigenvalue weighted by Crippen LogP contribution is 2.20. The van der Waals surface area contributed by atoms with Gasteiger partial charge in [0.25, 0.3) is 0 Å². The van der Waals surface area contributed by atoms with Crippen molar-refractivity contribution >= 4 is 5.97 Å². The summed E-state index contributed by atoms with van der Waals surface area (Å²) in [5.74, 6) is -1.79. The van der Waals surface area contributed by atoms with Crippen LogP contribution in [0.15, 0.2) is 24.3 Å². The van der Waals surface area contributed by atoms with Crippen molar-refractivity contribution in [3.63, 3.8) is 0 Å². The fourth-order valence-electron chi connectivity index (χ4n) is 3.90. The van der Waals surface area contributed by atoms with E-state index in [-0.39, 0.29) is 17.6 Å². The number of hydrogen-bond acceptors (Lipinski definition) is 5. The average Bonchev–Trinajstić information content (AvgIpc) is 2.66. The molecule has 0 fully saturated rings. The largest absolute Gasteiger partial charge is 0.550 e. The number of aliphatic hydroxyl groups excluding tert-OH is 3. The molecule has 0 heterocycles. The summed E-state index contributed by atoms with van der Waals surface area (Å²) in [6.45, 7) is 6.80. The summed E-state index contributed by atoms with van der Waals surface area (Å²) in [5, 5.41) is 42.5. The standard InChI is InChI=1S/C23H43NO5/c1-4-7-9-11-13-21(26)18-24(15-16-25,17-20(6-3)23(28)29)19-22(27)14-12-10-8-5-2/h4-5,7-8,20-22,25-27H,6,9-19H2,1-3H3/b7-4+,8-5+. The van der Waals surface area contributed by atoms with Crippen LogP contribution in [0.3, 0.4) is 0 Å². The normalized spacial score (nSPS) is 17.4. The number of nitrogens with zero attached hydrogens (tertiary/aromatic N) is 1. The van der Waals surface area contributed by atoms with Crippen LogP contribution in [-0.4, -0.2) is 70.8 Å². The van der Waals surface area contributed by atoms with Crippen LogP contribution in [0.4, 0.5) is 0 Å². The lowest BCUT2D eigenvalue weighted by molar-refractivity contribution is -0.936. The second kappa shape index (κ2) is 16.6. The molecule has 6 heteroatoms. The maximum atomic E-state index is 11.5. The van der Waals surface area contributed by atoms with E-state index in [0.29, 0.717) is 38.9 Å². The molecule has 0 spiro atoms. The number of quaternary nitrogens is 1. The fourth-order valence-corrected chi connectivity index (χ4v) is 3.90. The zero-order valence-electron chi connectivity index (χ0n) is 18.6. The molecule has 0 aliphatic carbocycles. The van der Waals surface area contributed by atoms with Gasteiger partial charge in [0.05, 0.1) is 19.1 Å². The second-order valence-electron chi connectivity index (χ2n) is 8.07. The lowest BCUT2D eigenvalue weighted by Crippen LogP contribution is -2.60. The van der Waals surface area contributed by atoms with Gasteiger partial charge < -0.3 is 29.7 Å². The number of carbonyl (C=O) groups is 1.